The second-order valence-electron chi connectivity index (χ2n) is 8.17. The zero-order chi connectivity index (χ0) is 23.3. The van der Waals surface area contributed by atoms with Gasteiger partial charge in [-0.25, -0.2) is 0 Å². The van der Waals surface area contributed by atoms with E-state index in [9.17, 15) is 0 Å². The first-order valence-corrected chi connectivity index (χ1v) is 13.7. The average Bonchev–Trinajstić information content (AvgIpc) is 2.91. The molecule has 0 fully saturated rings. The molecule has 0 bridgehead atoms. The van der Waals surface area contributed by atoms with Gasteiger partial charge in [0.15, 0.2) is 0 Å². The Hall–Kier alpha value is -3.02. The average molecular weight is 469 g/mol. The van der Waals surface area contributed by atoms with Crippen LogP contribution >= 0.6 is 0 Å². The van der Waals surface area contributed by atoms with Gasteiger partial charge in [0, 0.05) is 25.0 Å². The topological polar surface area (TPSA) is 27.7 Å². The lowest BCUT2D eigenvalue weighted by atomic mass is 10.2. The van der Waals surface area contributed by atoms with E-state index in [1.807, 2.05) is 36.4 Å². The largest absolute Gasteiger partial charge is 0.537 e. The number of hydrogen-bond donors (Lipinski definition) is 0. The van der Waals surface area contributed by atoms with Gasteiger partial charge in [-0.3, -0.25) is 0 Å². The van der Waals surface area contributed by atoms with E-state index >= 15 is 0 Å². The first-order chi connectivity index (χ1) is 16.8. The third-order valence-corrected chi connectivity index (χ3v) is 8.50. The molecule has 0 unspecified atom stereocenters. The zero-order valence-electron chi connectivity index (χ0n) is 19.5. The molecule has 0 saturated heterocycles. The third-order valence-electron chi connectivity index (χ3n) is 5.70. The number of hydrogen-bond acceptors (Lipinski definition) is 3. The van der Waals surface area contributed by atoms with Crippen molar-refractivity contribution in [1.82, 2.24) is 0 Å². The molecule has 0 atom stereocenters. The molecular weight excluding hydrogens is 436 g/mol. The first-order valence-electron chi connectivity index (χ1n) is 11.9. The molecule has 0 aliphatic rings. The summed E-state index contributed by atoms with van der Waals surface area (Å²) in [4.78, 5) is 0. The van der Waals surface area contributed by atoms with E-state index < -0.39 is 8.80 Å². The van der Waals surface area contributed by atoms with Crippen LogP contribution < -0.4 is 5.19 Å². The summed E-state index contributed by atoms with van der Waals surface area (Å²) in [5.74, 6) is 0. The maximum atomic E-state index is 6.59. The summed E-state index contributed by atoms with van der Waals surface area (Å²) in [5.41, 5.74) is 3.73. The maximum absolute atomic E-state index is 6.59. The fourth-order valence-corrected chi connectivity index (χ4v) is 6.32. The summed E-state index contributed by atoms with van der Waals surface area (Å²) in [7, 11) is -3.13. The van der Waals surface area contributed by atoms with Gasteiger partial charge in [0.1, 0.15) is 0 Å². The Morgan fingerprint density at radius 1 is 0.382 bits per heavy atom. The minimum absolute atomic E-state index is 0.543. The van der Waals surface area contributed by atoms with E-state index in [2.05, 4.69) is 84.9 Å². The summed E-state index contributed by atoms with van der Waals surface area (Å²) in [6.07, 6.45) is 2.44. The van der Waals surface area contributed by atoms with Crippen LogP contribution in [0.3, 0.4) is 0 Å². The van der Waals surface area contributed by atoms with Crippen molar-refractivity contribution in [2.75, 3.05) is 19.8 Å². The molecule has 4 aromatic carbocycles. The van der Waals surface area contributed by atoms with Gasteiger partial charge >= 0.3 is 8.80 Å². The quantitative estimate of drug-likeness (QED) is 0.239. The highest BCUT2D eigenvalue weighted by molar-refractivity contribution is 6.75. The second kappa shape index (κ2) is 13.0. The smallest absolute Gasteiger partial charge is 0.370 e. The van der Waals surface area contributed by atoms with Crippen LogP contribution in [0.5, 0.6) is 0 Å². The first kappa shape index (κ1) is 24.1. The summed E-state index contributed by atoms with van der Waals surface area (Å²) in [5, 5.41) is 1.00. The van der Waals surface area contributed by atoms with Crippen molar-refractivity contribution in [3.05, 3.63) is 138 Å². The minimum atomic E-state index is -3.13. The molecule has 174 valence electrons. The summed E-state index contributed by atoms with van der Waals surface area (Å²) < 4.78 is 19.8. The molecule has 0 aliphatic carbocycles. The van der Waals surface area contributed by atoms with Crippen LogP contribution in [0.4, 0.5) is 0 Å². The molecule has 4 rings (SSSR count). The second-order valence-corrected chi connectivity index (χ2v) is 10.7. The Morgan fingerprint density at radius 2 is 0.676 bits per heavy atom. The van der Waals surface area contributed by atoms with Gasteiger partial charge in [0.25, 0.3) is 0 Å². The highest BCUT2D eigenvalue weighted by Crippen LogP contribution is 2.15. The van der Waals surface area contributed by atoms with Gasteiger partial charge in [0.2, 0.25) is 0 Å². The van der Waals surface area contributed by atoms with Crippen molar-refractivity contribution in [2.24, 2.45) is 0 Å². The summed E-state index contributed by atoms with van der Waals surface area (Å²) in [6.45, 7) is 1.63. The molecule has 0 N–H and O–H groups in total. The van der Waals surface area contributed by atoms with Crippen LogP contribution in [0.25, 0.3) is 0 Å². The predicted octanol–water partition coefficient (Wildman–Crippen LogP) is 5.61. The van der Waals surface area contributed by atoms with E-state index in [4.69, 9.17) is 13.3 Å². The van der Waals surface area contributed by atoms with Gasteiger partial charge in [-0.1, -0.05) is 121 Å². The number of rotatable bonds is 13. The highest BCUT2D eigenvalue weighted by Gasteiger charge is 2.44. The van der Waals surface area contributed by atoms with E-state index in [1.54, 1.807) is 0 Å². The monoisotopic (exact) mass is 468 g/mol. The molecule has 0 saturated carbocycles. The highest BCUT2D eigenvalue weighted by atomic mass is 28.4. The fraction of sp³-hybridized carbons (Fsp3) is 0.200. The molecule has 0 amide bonds. The van der Waals surface area contributed by atoms with Gasteiger partial charge in [0.05, 0.1) is 0 Å². The van der Waals surface area contributed by atoms with Crippen molar-refractivity contribution < 1.29 is 13.3 Å². The fourth-order valence-electron chi connectivity index (χ4n) is 3.86. The Morgan fingerprint density at radius 3 is 1.00 bits per heavy atom. The standard InChI is InChI=1S/C30H32O3Si/c1-5-13-27(14-6-1)21-24-31-34(30-19-11-4-12-20-30,32-25-22-28-15-7-2-8-16-28)33-26-23-29-17-9-3-10-18-29/h1-20H,21-26H2. The molecule has 34 heavy (non-hydrogen) atoms. The van der Waals surface area contributed by atoms with Crippen molar-refractivity contribution in [2.45, 2.75) is 19.3 Å². The van der Waals surface area contributed by atoms with Crippen molar-refractivity contribution in [3.63, 3.8) is 0 Å². The SMILES string of the molecule is c1ccc(CCO[Si](OCCc2ccccc2)(OCCc2ccccc2)c2ccccc2)cc1. The maximum Gasteiger partial charge on any atom is 0.537 e. The Labute approximate surface area is 204 Å². The molecule has 4 aromatic rings. The van der Waals surface area contributed by atoms with Gasteiger partial charge < -0.3 is 13.3 Å². The molecule has 0 heterocycles. The predicted molar refractivity (Wildman–Crippen MR) is 140 cm³/mol. The van der Waals surface area contributed by atoms with Crippen LogP contribution in [0, 0.1) is 0 Å². The van der Waals surface area contributed by atoms with Crippen LogP contribution in [-0.2, 0) is 32.5 Å². The van der Waals surface area contributed by atoms with Crippen LogP contribution in [0.2, 0.25) is 0 Å². The van der Waals surface area contributed by atoms with E-state index in [1.165, 1.54) is 16.7 Å². The Balaban J connectivity index is 1.50. The Bertz CT molecular complexity index is 962. The summed E-state index contributed by atoms with van der Waals surface area (Å²) in [6, 6.07) is 41.4. The van der Waals surface area contributed by atoms with E-state index in [0.717, 1.165) is 24.4 Å². The molecule has 3 nitrogen and oxygen atoms in total. The van der Waals surface area contributed by atoms with Gasteiger partial charge in [-0.05, 0) is 36.0 Å². The normalized spacial score (nSPS) is 11.4. The van der Waals surface area contributed by atoms with Crippen molar-refractivity contribution in [3.8, 4) is 0 Å². The lowest BCUT2D eigenvalue weighted by Gasteiger charge is -2.30. The lowest BCUT2D eigenvalue weighted by Crippen LogP contribution is -2.57. The van der Waals surface area contributed by atoms with Crippen molar-refractivity contribution >= 4 is 14.0 Å². The molecular formula is C30H32O3Si. The zero-order valence-corrected chi connectivity index (χ0v) is 20.5. The molecule has 0 radical (unpaired) electrons. The molecule has 0 spiro atoms. The van der Waals surface area contributed by atoms with Crippen LogP contribution in [0.15, 0.2) is 121 Å². The minimum Gasteiger partial charge on any atom is -0.370 e. The van der Waals surface area contributed by atoms with Gasteiger partial charge in [-0.2, -0.15) is 0 Å². The number of benzene rings is 4. The molecule has 0 aromatic heterocycles. The lowest BCUT2D eigenvalue weighted by molar-refractivity contribution is 0.0755. The van der Waals surface area contributed by atoms with E-state index in [0.29, 0.717) is 19.8 Å². The third kappa shape index (κ3) is 7.24. The van der Waals surface area contributed by atoms with Crippen LogP contribution in [0.1, 0.15) is 16.7 Å². The Kier molecular flexibility index (Phi) is 9.23. The van der Waals surface area contributed by atoms with E-state index in [-0.39, 0.29) is 0 Å². The molecule has 4 heteroatoms. The molecule has 0 aliphatic heterocycles. The van der Waals surface area contributed by atoms with Crippen LogP contribution in [-0.4, -0.2) is 28.6 Å². The van der Waals surface area contributed by atoms with Crippen molar-refractivity contribution in [1.29, 1.82) is 0 Å². The summed E-state index contributed by atoms with van der Waals surface area (Å²) >= 11 is 0. The van der Waals surface area contributed by atoms with Gasteiger partial charge in [-0.15, -0.1) is 0 Å².